The zero-order valence-corrected chi connectivity index (χ0v) is 18.7. The maximum Gasteiger partial charge on any atom is 0.307 e. The molecule has 31 heavy (non-hydrogen) atoms. The first kappa shape index (κ1) is 20.1. The SMILES string of the molecule is CC(=O)OC1=CC[C@]2(CCC(=O)N2Cc2ccccc2)[C@@H]1c1cc2c(cc1Br)OCO2. The molecule has 0 N–H and O–H groups in total. The van der Waals surface area contributed by atoms with Crippen LogP contribution in [0.1, 0.15) is 43.2 Å². The summed E-state index contributed by atoms with van der Waals surface area (Å²) in [4.78, 5) is 26.9. The zero-order valence-electron chi connectivity index (χ0n) is 17.1. The highest BCUT2D eigenvalue weighted by atomic mass is 79.9. The van der Waals surface area contributed by atoms with E-state index in [0.717, 1.165) is 15.6 Å². The third-order valence-electron chi connectivity index (χ3n) is 6.34. The summed E-state index contributed by atoms with van der Waals surface area (Å²) < 4.78 is 17.6. The number of rotatable bonds is 4. The molecule has 1 spiro atoms. The van der Waals surface area contributed by atoms with Crippen molar-refractivity contribution >= 4 is 27.8 Å². The van der Waals surface area contributed by atoms with Crippen molar-refractivity contribution in [2.24, 2.45) is 0 Å². The van der Waals surface area contributed by atoms with E-state index in [-0.39, 0.29) is 24.6 Å². The number of hydrogen-bond acceptors (Lipinski definition) is 5. The van der Waals surface area contributed by atoms with Crippen molar-refractivity contribution in [1.82, 2.24) is 4.90 Å². The third kappa shape index (κ3) is 3.41. The summed E-state index contributed by atoms with van der Waals surface area (Å²) in [5.74, 6) is 1.35. The van der Waals surface area contributed by atoms with Crippen LogP contribution in [0.15, 0.2) is 58.8 Å². The van der Waals surface area contributed by atoms with Crippen molar-refractivity contribution < 1.29 is 23.8 Å². The van der Waals surface area contributed by atoms with E-state index in [0.29, 0.717) is 43.1 Å². The van der Waals surface area contributed by atoms with Crippen LogP contribution >= 0.6 is 15.9 Å². The van der Waals surface area contributed by atoms with Crippen LogP contribution in [0, 0.1) is 0 Å². The highest BCUT2D eigenvalue weighted by molar-refractivity contribution is 9.10. The maximum absolute atomic E-state index is 13.1. The number of halogens is 1. The number of likely N-dealkylation sites (tertiary alicyclic amines) is 1. The Labute approximate surface area is 188 Å². The van der Waals surface area contributed by atoms with Gasteiger partial charge in [-0.15, -0.1) is 0 Å². The molecule has 3 aliphatic rings. The van der Waals surface area contributed by atoms with E-state index < -0.39 is 5.54 Å². The van der Waals surface area contributed by atoms with Crippen LogP contribution in [0.4, 0.5) is 0 Å². The van der Waals surface area contributed by atoms with Gasteiger partial charge < -0.3 is 19.1 Å². The Balaban J connectivity index is 1.60. The Kier molecular flexibility index (Phi) is 5.01. The lowest BCUT2D eigenvalue weighted by Crippen LogP contribution is -2.48. The number of fused-ring (bicyclic) bond motifs is 1. The molecule has 0 bridgehead atoms. The molecule has 1 fully saturated rings. The molecule has 0 saturated carbocycles. The van der Waals surface area contributed by atoms with Crippen molar-refractivity contribution in [1.29, 1.82) is 0 Å². The average Bonchev–Trinajstić information content (AvgIpc) is 3.42. The lowest BCUT2D eigenvalue weighted by molar-refractivity contribution is -0.137. The summed E-state index contributed by atoms with van der Waals surface area (Å²) in [5.41, 5.74) is 1.48. The molecule has 0 radical (unpaired) electrons. The Bertz CT molecular complexity index is 1080. The molecule has 2 aromatic carbocycles. The van der Waals surface area contributed by atoms with E-state index in [1.54, 1.807) is 0 Å². The Hall–Kier alpha value is -2.80. The van der Waals surface area contributed by atoms with E-state index in [1.807, 2.05) is 53.4 Å². The second-order valence-electron chi connectivity index (χ2n) is 8.13. The first-order valence-corrected chi connectivity index (χ1v) is 11.1. The Morgan fingerprint density at radius 3 is 2.71 bits per heavy atom. The number of hydrogen-bond donors (Lipinski definition) is 0. The van der Waals surface area contributed by atoms with Gasteiger partial charge >= 0.3 is 5.97 Å². The van der Waals surface area contributed by atoms with Gasteiger partial charge in [0.15, 0.2) is 11.5 Å². The smallest absolute Gasteiger partial charge is 0.307 e. The van der Waals surface area contributed by atoms with E-state index in [9.17, 15) is 9.59 Å². The normalized spacial score (nSPS) is 24.1. The van der Waals surface area contributed by atoms with Gasteiger partial charge in [-0.3, -0.25) is 9.59 Å². The van der Waals surface area contributed by atoms with Gasteiger partial charge in [-0.2, -0.15) is 0 Å². The summed E-state index contributed by atoms with van der Waals surface area (Å²) in [6.07, 6.45) is 3.73. The van der Waals surface area contributed by atoms with Crippen molar-refractivity contribution in [2.45, 2.75) is 44.2 Å². The molecule has 7 heteroatoms. The van der Waals surface area contributed by atoms with Gasteiger partial charge in [-0.25, -0.2) is 0 Å². The molecule has 1 amide bonds. The minimum atomic E-state index is -0.506. The number of nitrogens with zero attached hydrogens (tertiary/aromatic N) is 1. The number of benzene rings is 2. The standard InChI is InChI=1S/C24H22BrNO5/c1-15(27)31-19-7-9-24(10-8-22(28)26(24)13-16-5-3-2-4-6-16)23(19)17-11-20-21(12-18(17)25)30-14-29-20/h2-7,11-12,23H,8-10,13-14H2,1H3/t23-,24+/m1/s1. The molecule has 0 aromatic heterocycles. The highest BCUT2D eigenvalue weighted by Crippen LogP contribution is 2.55. The van der Waals surface area contributed by atoms with E-state index in [4.69, 9.17) is 14.2 Å². The summed E-state index contributed by atoms with van der Waals surface area (Å²) >= 11 is 3.68. The molecule has 5 rings (SSSR count). The minimum absolute atomic E-state index is 0.114. The number of carbonyl (C=O) groups excluding carboxylic acids is 2. The molecule has 2 heterocycles. The second kappa shape index (κ2) is 7.71. The van der Waals surface area contributed by atoms with Gasteiger partial charge in [0.25, 0.3) is 0 Å². The van der Waals surface area contributed by atoms with Crippen LogP contribution in [0.5, 0.6) is 11.5 Å². The zero-order chi connectivity index (χ0) is 21.6. The quantitative estimate of drug-likeness (QED) is 0.591. The number of ether oxygens (including phenoxy) is 3. The number of amides is 1. The van der Waals surface area contributed by atoms with Crippen molar-refractivity contribution in [3.8, 4) is 11.5 Å². The monoisotopic (exact) mass is 483 g/mol. The highest BCUT2D eigenvalue weighted by Gasteiger charge is 2.56. The fourth-order valence-electron chi connectivity index (χ4n) is 5.01. The van der Waals surface area contributed by atoms with Crippen molar-refractivity contribution in [2.75, 3.05) is 6.79 Å². The summed E-state index contributed by atoms with van der Waals surface area (Å²) in [6, 6.07) is 13.8. The van der Waals surface area contributed by atoms with Crippen LogP contribution in [-0.4, -0.2) is 29.1 Å². The van der Waals surface area contributed by atoms with Gasteiger partial charge in [0.2, 0.25) is 12.7 Å². The molecule has 0 unspecified atom stereocenters. The molecular formula is C24H22BrNO5. The largest absolute Gasteiger partial charge is 0.454 e. The first-order valence-electron chi connectivity index (χ1n) is 10.3. The predicted octanol–water partition coefficient (Wildman–Crippen LogP) is 4.67. The molecule has 2 aliphatic heterocycles. The van der Waals surface area contributed by atoms with Crippen LogP contribution in [0.25, 0.3) is 0 Å². The van der Waals surface area contributed by atoms with Crippen LogP contribution < -0.4 is 9.47 Å². The summed E-state index contributed by atoms with van der Waals surface area (Å²) in [6.45, 7) is 2.09. The Morgan fingerprint density at radius 2 is 1.97 bits per heavy atom. The molecule has 6 nitrogen and oxygen atoms in total. The van der Waals surface area contributed by atoms with Gasteiger partial charge in [0.1, 0.15) is 5.76 Å². The molecule has 1 aliphatic carbocycles. The summed E-state index contributed by atoms with van der Waals surface area (Å²) in [7, 11) is 0. The van der Waals surface area contributed by atoms with Gasteiger partial charge in [0, 0.05) is 24.4 Å². The maximum atomic E-state index is 13.1. The molecule has 1 saturated heterocycles. The van der Waals surface area contributed by atoms with Crippen LogP contribution in [-0.2, 0) is 20.9 Å². The van der Waals surface area contributed by atoms with E-state index in [1.165, 1.54) is 6.92 Å². The van der Waals surface area contributed by atoms with Crippen LogP contribution in [0.2, 0.25) is 0 Å². The van der Waals surface area contributed by atoms with Gasteiger partial charge in [-0.05, 0) is 42.2 Å². The van der Waals surface area contributed by atoms with Crippen molar-refractivity contribution in [3.63, 3.8) is 0 Å². The lowest BCUT2D eigenvalue weighted by atomic mass is 9.78. The van der Waals surface area contributed by atoms with Crippen LogP contribution in [0.3, 0.4) is 0 Å². The van der Waals surface area contributed by atoms with E-state index in [2.05, 4.69) is 15.9 Å². The molecule has 2 atom stereocenters. The predicted molar refractivity (Wildman–Crippen MR) is 116 cm³/mol. The van der Waals surface area contributed by atoms with Gasteiger partial charge in [0.05, 0.1) is 11.5 Å². The summed E-state index contributed by atoms with van der Waals surface area (Å²) in [5, 5.41) is 0. The fraction of sp³-hybridized carbons (Fsp3) is 0.333. The van der Waals surface area contributed by atoms with Gasteiger partial charge in [-0.1, -0.05) is 46.3 Å². The average molecular weight is 484 g/mol. The number of esters is 1. The fourth-order valence-corrected chi connectivity index (χ4v) is 5.56. The molecule has 160 valence electrons. The third-order valence-corrected chi connectivity index (χ3v) is 7.02. The van der Waals surface area contributed by atoms with Crippen molar-refractivity contribution in [3.05, 3.63) is 69.9 Å². The Morgan fingerprint density at radius 1 is 1.23 bits per heavy atom. The minimum Gasteiger partial charge on any atom is -0.454 e. The molecule has 2 aromatic rings. The molecular weight excluding hydrogens is 462 g/mol. The topological polar surface area (TPSA) is 65.1 Å². The first-order chi connectivity index (χ1) is 15.0. The number of carbonyl (C=O) groups is 2. The lowest BCUT2D eigenvalue weighted by Gasteiger charge is -2.41. The second-order valence-corrected chi connectivity index (χ2v) is 8.99. The van der Waals surface area contributed by atoms with E-state index >= 15 is 0 Å².